The van der Waals surface area contributed by atoms with Crippen LogP contribution in [-0.4, -0.2) is 22.0 Å². The van der Waals surface area contributed by atoms with Crippen molar-refractivity contribution in [3.8, 4) is 11.5 Å². The van der Waals surface area contributed by atoms with Gasteiger partial charge >= 0.3 is 121 Å². The Balaban J connectivity index is 1.93. The van der Waals surface area contributed by atoms with Crippen molar-refractivity contribution in [3.05, 3.63) is 58.6 Å². The standard InChI is InChI=1S/2C6H5ClO.Sn/c2*7-5-3-1-2-4-6(5)8;/h2*1-4,8H;/q;;+2/p-2. The van der Waals surface area contributed by atoms with Crippen molar-refractivity contribution in [1.82, 2.24) is 0 Å². The van der Waals surface area contributed by atoms with E-state index in [1.807, 2.05) is 36.4 Å². The Morgan fingerprint density at radius 2 is 1.12 bits per heavy atom. The van der Waals surface area contributed by atoms with E-state index in [1.54, 1.807) is 12.1 Å². The van der Waals surface area contributed by atoms with E-state index in [2.05, 4.69) is 0 Å². The van der Waals surface area contributed by atoms with Crippen molar-refractivity contribution < 1.29 is 6.15 Å². The van der Waals surface area contributed by atoms with Crippen molar-refractivity contribution in [2.45, 2.75) is 0 Å². The molecule has 0 aliphatic carbocycles. The molecule has 86 valence electrons. The predicted molar refractivity (Wildman–Crippen MR) is 69.9 cm³/mol. The minimum atomic E-state index is -1.48. The van der Waals surface area contributed by atoms with Crippen LogP contribution in [0.1, 0.15) is 0 Å². The second-order valence-corrected chi connectivity index (χ2v) is 5.60. The normalized spacial score (nSPS) is 10.0. The molecule has 0 N–H and O–H groups in total. The van der Waals surface area contributed by atoms with Gasteiger partial charge in [0.05, 0.1) is 0 Å². The van der Waals surface area contributed by atoms with Crippen molar-refractivity contribution in [3.63, 3.8) is 0 Å². The quantitative estimate of drug-likeness (QED) is 0.755. The third-order valence-electron chi connectivity index (χ3n) is 1.98. The van der Waals surface area contributed by atoms with Gasteiger partial charge in [0.15, 0.2) is 0 Å². The van der Waals surface area contributed by atoms with Gasteiger partial charge in [0.25, 0.3) is 0 Å². The van der Waals surface area contributed by atoms with Crippen molar-refractivity contribution in [2.24, 2.45) is 0 Å². The van der Waals surface area contributed by atoms with E-state index in [0.717, 1.165) is 0 Å². The van der Waals surface area contributed by atoms with Gasteiger partial charge in [-0.05, 0) is 0 Å². The van der Waals surface area contributed by atoms with Gasteiger partial charge in [-0.3, -0.25) is 0 Å². The molecule has 17 heavy (non-hydrogen) atoms. The van der Waals surface area contributed by atoms with Gasteiger partial charge < -0.3 is 0 Å². The number of benzene rings is 2. The second kappa shape index (κ2) is 6.38. The summed E-state index contributed by atoms with van der Waals surface area (Å²) in [6.45, 7) is 0. The van der Waals surface area contributed by atoms with Gasteiger partial charge in [-0.15, -0.1) is 0 Å². The fourth-order valence-corrected chi connectivity index (χ4v) is 3.53. The molecule has 5 heteroatoms. The summed E-state index contributed by atoms with van der Waals surface area (Å²) in [5, 5.41) is 1.19. The van der Waals surface area contributed by atoms with Gasteiger partial charge in [-0.2, -0.15) is 0 Å². The summed E-state index contributed by atoms with van der Waals surface area (Å²) in [6.07, 6.45) is 0. The van der Waals surface area contributed by atoms with E-state index in [1.165, 1.54) is 0 Å². The monoisotopic (exact) mass is 374 g/mol. The first kappa shape index (κ1) is 12.9. The molecule has 0 aliphatic heterocycles. The summed E-state index contributed by atoms with van der Waals surface area (Å²) >= 11 is 10.4. The zero-order valence-corrected chi connectivity index (χ0v) is 13.1. The molecule has 0 amide bonds. The summed E-state index contributed by atoms with van der Waals surface area (Å²) in [5.41, 5.74) is 0. The Kier molecular flexibility index (Phi) is 4.83. The van der Waals surface area contributed by atoms with Crippen LogP contribution in [0.2, 0.25) is 10.0 Å². The molecule has 0 fully saturated rings. The SMILES string of the molecule is Clc1ccccc1[O][Sn][O]c1ccccc1Cl. The Labute approximate surface area is 121 Å². The summed E-state index contributed by atoms with van der Waals surface area (Å²) in [4.78, 5) is 0. The van der Waals surface area contributed by atoms with E-state index >= 15 is 0 Å². The van der Waals surface area contributed by atoms with Crippen LogP contribution in [0, 0.1) is 0 Å². The summed E-state index contributed by atoms with van der Waals surface area (Å²) in [6, 6.07) is 14.7. The third kappa shape index (κ3) is 3.69. The molecule has 2 nitrogen and oxygen atoms in total. The summed E-state index contributed by atoms with van der Waals surface area (Å²) < 4.78 is 11.1. The van der Waals surface area contributed by atoms with E-state index in [-0.39, 0.29) is 0 Å². The average Bonchev–Trinajstić information content (AvgIpc) is 2.34. The number of hydrogen-bond donors (Lipinski definition) is 0. The molecule has 0 heterocycles. The van der Waals surface area contributed by atoms with Crippen LogP contribution in [0.15, 0.2) is 48.5 Å². The van der Waals surface area contributed by atoms with Crippen molar-refractivity contribution >= 4 is 45.2 Å². The van der Waals surface area contributed by atoms with E-state index < -0.39 is 22.0 Å². The number of para-hydroxylation sites is 2. The van der Waals surface area contributed by atoms with Gasteiger partial charge in [-0.25, -0.2) is 0 Å². The Bertz CT molecular complexity index is 460. The first-order chi connectivity index (χ1) is 8.27. The maximum atomic E-state index is 5.96. The number of hydrogen-bond acceptors (Lipinski definition) is 2. The summed E-state index contributed by atoms with van der Waals surface area (Å²) in [5.74, 6) is 1.32. The number of halogens is 2. The van der Waals surface area contributed by atoms with E-state index in [9.17, 15) is 0 Å². The molecule has 0 saturated carbocycles. The van der Waals surface area contributed by atoms with Crippen LogP contribution >= 0.6 is 23.2 Å². The molecule has 2 rings (SSSR count). The number of rotatable bonds is 4. The fraction of sp³-hybridized carbons (Fsp3) is 0. The molecule has 0 saturated heterocycles. The molecule has 0 aromatic heterocycles. The van der Waals surface area contributed by atoms with E-state index in [0.29, 0.717) is 21.5 Å². The first-order valence-corrected chi connectivity index (χ1v) is 7.94. The van der Waals surface area contributed by atoms with Gasteiger partial charge in [0.1, 0.15) is 0 Å². The van der Waals surface area contributed by atoms with Crippen LogP contribution in [-0.2, 0) is 0 Å². The fourth-order valence-electron chi connectivity index (χ4n) is 1.17. The van der Waals surface area contributed by atoms with Crippen molar-refractivity contribution in [1.29, 1.82) is 0 Å². The third-order valence-corrected chi connectivity index (χ3v) is 4.33. The van der Waals surface area contributed by atoms with Gasteiger partial charge in [0, 0.05) is 0 Å². The Hall–Kier alpha value is -0.581. The molecule has 2 aromatic carbocycles. The zero-order chi connectivity index (χ0) is 12.1. The average molecular weight is 374 g/mol. The molecular formula is C12H8Cl2O2Sn. The second-order valence-electron chi connectivity index (χ2n) is 3.15. The van der Waals surface area contributed by atoms with Crippen LogP contribution in [0.3, 0.4) is 0 Å². The molecule has 0 aliphatic rings. The molecular weight excluding hydrogens is 366 g/mol. The van der Waals surface area contributed by atoms with E-state index in [4.69, 9.17) is 29.4 Å². The maximum absolute atomic E-state index is 5.96. The molecule has 2 aromatic rings. The van der Waals surface area contributed by atoms with Crippen LogP contribution in [0.25, 0.3) is 0 Å². The van der Waals surface area contributed by atoms with Crippen LogP contribution in [0.4, 0.5) is 0 Å². The first-order valence-electron chi connectivity index (χ1n) is 4.85. The zero-order valence-electron chi connectivity index (χ0n) is 8.69. The topological polar surface area (TPSA) is 18.5 Å². The molecule has 2 radical (unpaired) electrons. The summed E-state index contributed by atoms with van der Waals surface area (Å²) in [7, 11) is 0. The molecule has 0 spiro atoms. The van der Waals surface area contributed by atoms with Gasteiger partial charge in [0.2, 0.25) is 0 Å². The molecule has 0 unspecified atom stereocenters. The van der Waals surface area contributed by atoms with Crippen LogP contribution < -0.4 is 6.15 Å². The Morgan fingerprint density at radius 1 is 0.706 bits per heavy atom. The van der Waals surface area contributed by atoms with Crippen molar-refractivity contribution in [2.75, 3.05) is 0 Å². The van der Waals surface area contributed by atoms with Crippen LogP contribution in [0.5, 0.6) is 11.5 Å². The molecule has 0 atom stereocenters. The predicted octanol–water partition coefficient (Wildman–Crippen LogP) is 3.99. The minimum absolute atomic E-state index is 0.594. The Morgan fingerprint density at radius 3 is 1.53 bits per heavy atom. The van der Waals surface area contributed by atoms with Gasteiger partial charge in [-0.1, -0.05) is 0 Å². The molecule has 0 bridgehead atoms.